The van der Waals surface area contributed by atoms with Gasteiger partial charge in [0, 0.05) is 15.2 Å². The second kappa shape index (κ2) is 6.17. The first-order valence-corrected chi connectivity index (χ1v) is 6.89. The standard InChI is InChI=1S/C14H12BrClN2O/c1-9-3-2-4-11(18-9)8-17-14(19)12-7-10(16)5-6-13(12)15/h2-7H,8H2,1H3,(H,17,19). The van der Waals surface area contributed by atoms with Gasteiger partial charge in [-0.1, -0.05) is 17.7 Å². The average Bonchev–Trinajstić information content (AvgIpc) is 2.39. The van der Waals surface area contributed by atoms with E-state index in [1.54, 1.807) is 18.2 Å². The summed E-state index contributed by atoms with van der Waals surface area (Å²) in [6.07, 6.45) is 0. The number of nitrogens with one attached hydrogen (secondary N) is 1. The summed E-state index contributed by atoms with van der Waals surface area (Å²) in [5.74, 6) is -0.183. The molecule has 0 saturated carbocycles. The van der Waals surface area contributed by atoms with Crippen molar-refractivity contribution in [2.75, 3.05) is 0 Å². The van der Waals surface area contributed by atoms with Gasteiger partial charge in [-0.3, -0.25) is 9.78 Å². The van der Waals surface area contributed by atoms with Gasteiger partial charge in [-0.05, 0) is 53.2 Å². The number of carbonyl (C=O) groups is 1. The first-order chi connectivity index (χ1) is 9.06. The second-order valence-corrected chi connectivity index (χ2v) is 5.37. The normalized spacial score (nSPS) is 10.3. The largest absolute Gasteiger partial charge is 0.346 e. The first-order valence-electron chi connectivity index (χ1n) is 5.72. The Morgan fingerprint density at radius 1 is 1.37 bits per heavy atom. The van der Waals surface area contributed by atoms with Crippen LogP contribution in [0.1, 0.15) is 21.7 Å². The van der Waals surface area contributed by atoms with Gasteiger partial charge in [-0.25, -0.2) is 0 Å². The Bertz CT molecular complexity index is 616. The van der Waals surface area contributed by atoms with E-state index in [0.717, 1.165) is 11.4 Å². The maximum atomic E-state index is 12.0. The molecule has 0 saturated heterocycles. The van der Waals surface area contributed by atoms with E-state index in [9.17, 15) is 4.79 Å². The molecular weight excluding hydrogens is 328 g/mol. The number of aromatic nitrogens is 1. The molecule has 0 aliphatic carbocycles. The summed E-state index contributed by atoms with van der Waals surface area (Å²) in [5.41, 5.74) is 2.27. The molecule has 0 aliphatic rings. The van der Waals surface area contributed by atoms with Crippen molar-refractivity contribution in [2.24, 2.45) is 0 Å². The number of hydrogen-bond donors (Lipinski definition) is 1. The van der Waals surface area contributed by atoms with E-state index in [-0.39, 0.29) is 5.91 Å². The van der Waals surface area contributed by atoms with Crippen LogP contribution in [0.5, 0.6) is 0 Å². The van der Waals surface area contributed by atoms with Crippen LogP contribution in [0.3, 0.4) is 0 Å². The molecule has 0 bridgehead atoms. The summed E-state index contributed by atoms with van der Waals surface area (Å²) < 4.78 is 0.714. The number of hydrogen-bond acceptors (Lipinski definition) is 2. The van der Waals surface area contributed by atoms with Crippen LogP contribution in [0.25, 0.3) is 0 Å². The van der Waals surface area contributed by atoms with Gasteiger partial charge in [-0.2, -0.15) is 0 Å². The van der Waals surface area contributed by atoms with Gasteiger partial charge in [0.2, 0.25) is 0 Å². The smallest absolute Gasteiger partial charge is 0.252 e. The fraction of sp³-hybridized carbons (Fsp3) is 0.143. The number of carbonyl (C=O) groups excluding carboxylic acids is 1. The summed E-state index contributed by atoms with van der Waals surface area (Å²) in [6.45, 7) is 2.30. The topological polar surface area (TPSA) is 42.0 Å². The van der Waals surface area contributed by atoms with Crippen LogP contribution in [0.4, 0.5) is 0 Å². The van der Waals surface area contributed by atoms with Crippen molar-refractivity contribution < 1.29 is 4.79 Å². The third-order valence-electron chi connectivity index (χ3n) is 2.55. The van der Waals surface area contributed by atoms with E-state index in [0.29, 0.717) is 21.6 Å². The van der Waals surface area contributed by atoms with E-state index in [1.165, 1.54) is 0 Å². The molecule has 1 aromatic heterocycles. The van der Waals surface area contributed by atoms with Gasteiger partial charge < -0.3 is 5.32 Å². The fourth-order valence-corrected chi connectivity index (χ4v) is 2.23. The van der Waals surface area contributed by atoms with Gasteiger partial charge >= 0.3 is 0 Å². The predicted molar refractivity (Wildman–Crippen MR) is 79.3 cm³/mol. The fourth-order valence-electron chi connectivity index (χ4n) is 1.64. The molecule has 1 N–H and O–H groups in total. The number of nitrogens with zero attached hydrogens (tertiary/aromatic N) is 1. The van der Waals surface area contributed by atoms with Crippen LogP contribution in [0.15, 0.2) is 40.9 Å². The van der Waals surface area contributed by atoms with Crippen molar-refractivity contribution >= 4 is 33.4 Å². The Morgan fingerprint density at radius 3 is 2.89 bits per heavy atom. The lowest BCUT2D eigenvalue weighted by Crippen LogP contribution is -2.23. The minimum atomic E-state index is -0.183. The van der Waals surface area contributed by atoms with Crippen molar-refractivity contribution in [3.63, 3.8) is 0 Å². The van der Waals surface area contributed by atoms with Gasteiger partial charge in [0.25, 0.3) is 5.91 Å². The Hall–Kier alpha value is -1.39. The van der Waals surface area contributed by atoms with Crippen molar-refractivity contribution in [3.8, 4) is 0 Å². The highest BCUT2D eigenvalue weighted by Crippen LogP contribution is 2.21. The lowest BCUT2D eigenvalue weighted by atomic mass is 10.2. The zero-order chi connectivity index (χ0) is 13.8. The molecule has 19 heavy (non-hydrogen) atoms. The predicted octanol–water partition coefficient (Wildman–Crippen LogP) is 3.74. The molecule has 0 unspecified atom stereocenters. The molecule has 0 radical (unpaired) electrons. The molecule has 0 atom stereocenters. The maximum absolute atomic E-state index is 12.0. The first kappa shape index (κ1) is 14.0. The highest BCUT2D eigenvalue weighted by Gasteiger charge is 2.10. The Labute approximate surface area is 125 Å². The Morgan fingerprint density at radius 2 is 2.16 bits per heavy atom. The molecule has 0 aliphatic heterocycles. The molecule has 0 spiro atoms. The van der Waals surface area contributed by atoms with E-state index in [4.69, 9.17) is 11.6 Å². The van der Waals surface area contributed by atoms with Crippen LogP contribution >= 0.6 is 27.5 Å². The molecule has 1 aromatic carbocycles. The van der Waals surface area contributed by atoms with E-state index in [1.807, 2.05) is 25.1 Å². The molecule has 0 fully saturated rings. The van der Waals surface area contributed by atoms with Crippen molar-refractivity contribution in [2.45, 2.75) is 13.5 Å². The molecule has 5 heteroatoms. The Kier molecular flexibility index (Phi) is 4.56. The number of aryl methyl sites for hydroxylation is 1. The zero-order valence-electron chi connectivity index (χ0n) is 10.3. The lowest BCUT2D eigenvalue weighted by molar-refractivity contribution is 0.0949. The van der Waals surface area contributed by atoms with E-state index >= 15 is 0 Å². The summed E-state index contributed by atoms with van der Waals surface area (Å²) in [5, 5.41) is 3.35. The van der Waals surface area contributed by atoms with Crippen LogP contribution in [-0.2, 0) is 6.54 Å². The third-order valence-corrected chi connectivity index (χ3v) is 3.48. The third kappa shape index (κ3) is 3.78. The highest BCUT2D eigenvalue weighted by molar-refractivity contribution is 9.10. The molecule has 98 valence electrons. The molecular formula is C14H12BrClN2O. The van der Waals surface area contributed by atoms with Gasteiger partial charge in [0.1, 0.15) is 0 Å². The molecule has 3 nitrogen and oxygen atoms in total. The summed E-state index contributed by atoms with van der Waals surface area (Å²) in [6, 6.07) is 10.8. The van der Waals surface area contributed by atoms with Gasteiger partial charge in [-0.15, -0.1) is 0 Å². The number of amides is 1. The van der Waals surface area contributed by atoms with Crippen LogP contribution < -0.4 is 5.32 Å². The van der Waals surface area contributed by atoms with E-state index < -0.39 is 0 Å². The quantitative estimate of drug-likeness (QED) is 0.925. The second-order valence-electron chi connectivity index (χ2n) is 4.08. The van der Waals surface area contributed by atoms with E-state index in [2.05, 4.69) is 26.2 Å². The maximum Gasteiger partial charge on any atom is 0.252 e. The van der Waals surface area contributed by atoms with Crippen molar-refractivity contribution in [3.05, 3.63) is 62.8 Å². The summed E-state index contributed by atoms with van der Waals surface area (Å²) >= 11 is 9.22. The zero-order valence-corrected chi connectivity index (χ0v) is 12.6. The number of rotatable bonds is 3. The van der Waals surface area contributed by atoms with Gasteiger partial charge in [0.05, 0.1) is 17.8 Å². The SMILES string of the molecule is Cc1cccc(CNC(=O)c2cc(Cl)ccc2Br)n1. The molecule has 2 rings (SSSR count). The molecule has 1 amide bonds. The monoisotopic (exact) mass is 338 g/mol. The minimum Gasteiger partial charge on any atom is -0.346 e. The average molecular weight is 340 g/mol. The van der Waals surface area contributed by atoms with Crippen LogP contribution in [0, 0.1) is 6.92 Å². The number of halogens is 2. The summed E-state index contributed by atoms with van der Waals surface area (Å²) in [4.78, 5) is 16.4. The van der Waals surface area contributed by atoms with Crippen molar-refractivity contribution in [1.82, 2.24) is 10.3 Å². The van der Waals surface area contributed by atoms with Crippen molar-refractivity contribution in [1.29, 1.82) is 0 Å². The molecule has 2 aromatic rings. The minimum absolute atomic E-state index is 0.183. The Balaban J connectivity index is 2.07. The highest BCUT2D eigenvalue weighted by atomic mass is 79.9. The lowest BCUT2D eigenvalue weighted by Gasteiger charge is -2.07. The van der Waals surface area contributed by atoms with Crippen LogP contribution in [0.2, 0.25) is 5.02 Å². The van der Waals surface area contributed by atoms with Crippen LogP contribution in [-0.4, -0.2) is 10.9 Å². The number of pyridine rings is 1. The molecule has 1 heterocycles. The number of benzene rings is 1. The summed E-state index contributed by atoms with van der Waals surface area (Å²) in [7, 11) is 0. The van der Waals surface area contributed by atoms with Gasteiger partial charge in [0.15, 0.2) is 0 Å².